The third-order valence-corrected chi connectivity index (χ3v) is 3.31. The van der Waals surface area contributed by atoms with Crippen molar-refractivity contribution in [3.8, 4) is 5.75 Å². The molecule has 0 atom stereocenters. The molecule has 1 aromatic heterocycles. The van der Waals surface area contributed by atoms with Crippen LogP contribution in [-0.4, -0.2) is 27.1 Å². The molecule has 0 aliphatic heterocycles. The Morgan fingerprint density at radius 2 is 1.88 bits per heavy atom. The van der Waals surface area contributed by atoms with Crippen LogP contribution in [0.3, 0.4) is 0 Å². The van der Waals surface area contributed by atoms with Crippen LogP contribution in [-0.2, 0) is 0 Å². The van der Waals surface area contributed by atoms with Crippen LogP contribution in [0, 0.1) is 0 Å². The van der Waals surface area contributed by atoms with Gasteiger partial charge in [0.2, 0.25) is 0 Å². The quantitative estimate of drug-likeness (QED) is 0.859. The predicted molar refractivity (Wildman–Crippen MR) is 94.2 cm³/mol. The normalized spacial score (nSPS) is 11.4. The van der Waals surface area contributed by atoms with Gasteiger partial charge < -0.3 is 9.84 Å². The van der Waals surface area contributed by atoms with Crippen molar-refractivity contribution >= 4 is 18.1 Å². The van der Waals surface area contributed by atoms with Gasteiger partial charge in [0.05, 0.1) is 17.4 Å². The highest BCUT2D eigenvalue weighted by Gasteiger charge is 2.15. The van der Waals surface area contributed by atoms with Crippen molar-refractivity contribution in [1.82, 2.24) is 9.97 Å². The van der Waals surface area contributed by atoms with Crippen LogP contribution in [0.4, 0.5) is 0 Å². The highest BCUT2D eigenvalue weighted by atomic mass is 16.5. The van der Waals surface area contributed by atoms with Crippen molar-refractivity contribution in [3.63, 3.8) is 0 Å². The maximum Gasteiger partial charge on any atom is 0.339 e. The van der Waals surface area contributed by atoms with Gasteiger partial charge >= 0.3 is 5.97 Å². The van der Waals surface area contributed by atoms with Crippen LogP contribution in [0.2, 0.25) is 0 Å². The van der Waals surface area contributed by atoms with Gasteiger partial charge in [-0.1, -0.05) is 32.0 Å². The number of ether oxygens (including phenoxy) is 1. The predicted octanol–water partition coefficient (Wildman–Crippen LogP) is 4.26. The van der Waals surface area contributed by atoms with Crippen LogP contribution in [0.15, 0.2) is 30.5 Å². The lowest BCUT2D eigenvalue weighted by molar-refractivity contribution is 0.0694. The first kappa shape index (κ1) is 17.7. The summed E-state index contributed by atoms with van der Waals surface area (Å²) in [5.41, 5.74) is 1.60. The molecule has 5 heteroatoms. The van der Waals surface area contributed by atoms with Gasteiger partial charge in [0.1, 0.15) is 5.75 Å². The number of hydrogen-bond donors (Lipinski definition) is 1. The third-order valence-electron chi connectivity index (χ3n) is 3.31. The van der Waals surface area contributed by atoms with Gasteiger partial charge in [-0.3, -0.25) is 0 Å². The van der Waals surface area contributed by atoms with Gasteiger partial charge in [0, 0.05) is 11.8 Å². The minimum Gasteiger partial charge on any atom is -0.490 e. The lowest BCUT2D eigenvalue weighted by Gasteiger charge is -2.12. The van der Waals surface area contributed by atoms with Gasteiger partial charge in [-0.05, 0) is 38.0 Å². The molecular weight excluding hydrogens is 304 g/mol. The number of aromatic nitrogens is 2. The summed E-state index contributed by atoms with van der Waals surface area (Å²) in [5, 5.41) is 9.22. The Morgan fingerprint density at radius 1 is 1.17 bits per heavy atom. The number of benzene rings is 1. The maximum absolute atomic E-state index is 11.2. The Bertz CT molecular complexity index is 752. The van der Waals surface area contributed by atoms with E-state index in [-0.39, 0.29) is 17.6 Å². The first-order valence-corrected chi connectivity index (χ1v) is 7.92. The number of nitrogens with zero attached hydrogens (tertiary/aromatic N) is 2. The number of para-hydroxylation sites is 1. The number of aromatic carboxylic acids is 1. The molecule has 0 bridgehead atoms. The molecule has 0 saturated carbocycles. The summed E-state index contributed by atoms with van der Waals surface area (Å²) in [6.45, 7) is 7.77. The molecule has 5 nitrogen and oxygen atoms in total. The second-order valence-electron chi connectivity index (χ2n) is 6.02. The summed E-state index contributed by atoms with van der Waals surface area (Å²) in [6, 6.07) is 7.71. The molecule has 0 saturated heterocycles. The van der Waals surface area contributed by atoms with E-state index >= 15 is 0 Å². The molecule has 2 rings (SSSR count). The van der Waals surface area contributed by atoms with Crippen LogP contribution in [0.1, 0.15) is 61.1 Å². The number of hydrogen-bond acceptors (Lipinski definition) is 4. The van der Waals surface area contributed by atoms with E-state index in [2.05, 4.69) is 9.97 Å². The van der Waals surface area contributed by atoms with E-state index in [0.717, 1.165) is 11.3 Å². The van der Waals surface area contributed by atoms with E-state index in [1.807, 2.05) is 58.0 Å². The summed E-state index contributed by atoms with van der Waals surface area (Å²) < 4.78 is 5.78. The second kappa shape index (κ2) is 7.73. The molecule has 24 heavy (non-hydrogen) atoms. The van der Waals surface area contributed by atoms with Crippen LogP contribution in [0.25, 0.3) is 12.2 Å². The summed E-state index contributed by atoms with van der Waals surface area (Å²) in [5.74, 6) is 0.255. The van der Waals surface area contributed by atoms with E-state index in [1.165, 1.54) is 6.20 Å². The fraction of sp³-hybridized carbons (Fsp3) is 0.316. The minimum atomic E-state index is -1.01. The zero-order chi connectivity index (χ0) is 17.7. The van der Waals surface area contributed by atoms with E-state index in [0.29, 0.717) is 11.5 Å². The van der Waals surface area contributed by atoms with E-state index in [1.54, 1.807) is 6.08 Å². The van der Waals surface area contributed by atoms with Gasteiger partial charge in [-0.15, -0.1) is 0 Å². The average Bonchev–Trinajstić information content (AvgIpc) is 2.53. The van der Waals surface area contributed by atoms with Crippen molar-refractivity contribution in [2.45, 2.75) is 39.7 Å². The van der Waals surface area contributed by atoms with Crippen LogP contribution >= 0.6 is 0 Å². The summed E-state index contributed by atoms with van der Waals surface area (Å²) >= 11 is 0. The van der Waals surface area contributed by atoms with Crippen molar-refractivity contribution in [1.29, 1.82) is 0 Å². The first-order valence-electron chi connectivity index (χ1n) is 7.92. The molecule has 0 aliphatic carbocycles. The Labute approximate surface area is 142 Å². The zero-order valence-electron chi connectivity index (χ0n) is 14.4. The molecule has 1 aromatic carbocycles. The SMILES string of the molecule is CC(C)Oc1ccccc1/C=C/c1ncc(C(=O)O)c(C(C)C)n1. The Morgan fingerprint density at radius 3 is 2.50 bits per heavy atom. The van der Waals surface area contributed by atoms with E-state index < -0.39 is 5.97 Å². The van der Waals surface area contributed by atoms with Crippen molar-refractivity contribution in [3.05, 3.63) is 53.1 Å². The lowest BCUT2D eigenvalue weighted by Crippen LogP contribution is -2.09. The van der Waals surface area contributed by atoms with E-state index in [4.69, 9.17) is 4.74 Å². The molecule has 0 fully saturated rings. The van der Waals surface area contributed by atoms with Crippen molar-refractivity contribution in [2.75, 3.05) is 0 Å². The van der Waals surface area contributed by atoms with Gasteiger partial charge in [0.15, 0.2) is 5.82 Å². The Kier molecular flexibility index (Phi) is 5.68. The molecule has 1 heterocycles. The molecule has 1 N–H and O–H groups in total. The highest BCUT2D eigenvalue weighted by Crippen LogP contribution is 2.22. The standard InChI is InChI=1S/C19H22N2O3/c1-12(2)18-15(19(22)23)11-20-17(21-18)10-9-14-7-5-6-8-16(14)24-13(3)4/h5-13H,1-4H3,(H,22,23)/b10-9+. The maximum atomic E-state index is 11.2. The minimum absolute atomic E-state index is 0.00260. The number of carbonyl (C=O) groups is 1. The molecule has 2 aromatic rings. The molecule has 0 amide bonds. The monoisotopic (exact) mass is 326 g/mol. The number of carboxylic acid groups (broad SMARTS) is 1. The fourth-order valence-corrected chi connectivity index (χ4v) is 2.24. The highest BCUT2D eigenvalue weighted by molar-refractivity contribution is 5.88. The fourth-order valence-electron chi connectivity index (χ4n) is 2.24. The van der Waals surface area contributed by atoms with Crippen LogP contribution in [0.5, 0.6) is 5.75 Å². The van der Waals surface area contributed by atoms with Gasteiger partial charge in [0.25, 0.3) is 0 Å². The second-order valence-corrected chi connectivity index (χ2v) is 6.02. The summed E-state index contributed by atoms with van der Waals surface area (Å²) in [6.07, 6.45) is 5.08. The molecule has 0 aliphatic rings. The smallest absolute Gasteiger partial charge is 0.339 e. The van der Waals surface area contributed by atoms with Crippen molar-refractivity contribution < 1.29 is 14.6 Å². The summed E-state index contributed by atoms with van der Waals surface area (Å²) in [7, 11) is 0. The molecular formula is C19H22N2O3. The Balaban J connectivity index is 2.33. The number of carboxylic acids is 1. The van der Waals surface area contributed by atoms with Gasteiger partial charge in [-0.25, -0.2) is 14.8 Å². The largest absolute Gasteiger partial charge is 0.490 e. The van der Waals surface area contributed by atoms with Crippen molar-refractivity contribution in [2.24, 2.45) is 0 Å². The summed E-state index contributed by atoms with van der Waals surface area (Å²) in [4.78, 5) is 19.8. The lowest BCUT2D eigenvalue weighted by atomic mass is 10.1. The molecule has 0 unspecified atom stereocenters. The first-order chi connectivity index (χ1) is 11.4. The average molecular weight is 326 g/mol. The van der Waals surface area contributed by atoms with Crippen LogP contribution < -0.4 is 4.74 Å². The molecule has 0 spiro atoms. The van der Waals surface area contributed by atoms with E-state index in [9.17, 15) is 9.90 Å². The number of rotatable bonds is 6. The topological polar surface area (TPSA) is 72.3 Å². The molecule has 0 radical (unpaired) electrons. The third kappa shape index (κ3) is 4.41. The Hall–Kier alpha value is -2.69. The molecule has 126 valence electrons. The van der Waals surface area contributed by atoms with Gasteiger partial charge in [-0.2, -0.15) is 0 Å². The zero-order valence-corrected chi connectivity index (χ0v) is 14.4.